The molecular formula is C15H24N2O4. The third kappa shape index (κ3) is 4.72. The van der Waals surface area contributed by atoms with Gasteiger partial charge in [-0.05, 0) is 31.6 Å². The third-order valence-electron chi connectivity index (χ3n) is 4.30. The molecule has 2 amide bonds. The summed E-state index contributed by atoms with van der Waals surface area (Å²) in [5.74, 6) is -0.204. The molecule has 2 fully saturated rings. The van der Waals surface area contributed by atoms with E-state index in [1.807, 2.05) is 9.80 Å². The van der Waals surface area contributed by atoms with Crippen molar-refractivity contribution in [1.29, 1.82) is 0 Å². The Kier molecular flexibility index (Phi) is 5.59. The number of nitrogens with zero attached hydrogens (tertiary/aromatic N) is 2. The van der Waals surface area contributed by atoms with Gasteiger partial charge in [-0.15, -0.1) is 0 Å². The number of likely N-dealkylation sites (tertiary alicyclic amines) is 2. The van der Waals surface area contributed by atoms with Crippen molar-refractivity contribution in [1.82, 2.24) is 9.80 Å². The van der Waals surface area contributed by atoms with E-state index in [0.29, 0.717) is 31.7 Å². The van der Waals surface area contributed by atoms with E-state index < -0.39 is 5.97 Å². The quantitative estimate of drug-likeness (QED) is 0.796. The van der Waals surface area contributed by atoms with Crippen molar-refractivity contribution in [2.45, 2.75) is 44.9 Å². The minimum absolute atomic E-state index is 0.0469. The fraction of sp³-hybridized carbons (Fsp3) is 0.800. The van der Waals surface area contributed by atoms with Crippen LogP contribution in [0.4, 0.5) is 0 Å². The molecule has 2 heterocycles. The summed E-state index contributed by atoms with van der Waals surface area (Å²) in [7, 11) is 0. The molecule has 118 valence electrons. The summed E-state index contributed by atoms with van der Waals surface area (Å²) >= 11 is 0. The fourth-order valence-corrected chi connectivity index (χ4v) is 3.20. The van der Waals surface area contributed by atoms with Crippen molar-refractivity contribution in [3.05, 3.63) is 0 Å². The Bertz CT molecular complexity index is 410. The fourth-order valence-electron chi connectivity index (χ4n) is 3.20. The zero-order valence-electron chi connectivity index (χ0n) is 12.4. The normalized spacial score (nSPS) is 22.7. The monoisotopic (exact) mass is 296 g/mol. The van der Waals surface area contributed by atoms with Crippen LogP contribution in [0.5, 0.6) is 0 Å². The van der Waals surface area contributed by atoms with Crippen molar-refractivity contribution in [3.8, 4) is 0 Å². The Morgan fingerprint density at radius 3 is 2.67 bits per heavy atom. The number of amides is 2. The van der Waals surface area contributed by atoms with Crippen LogP contribution in [0.3, 0.4) is 0 Å². The maximum atomic E-state index is 12.1. The average molecular weight is 296 g/mol. The molecule has 0 bridgehead atoms. The van der Waals surface area contributed by atoms with E-state index in [0.717, 1.165) is 38.9 Å². The van der Waals surface area contributed by atoms with E-state index in [9.17, 15) is 14.4 Å². The Morgan fingerprint density at radius 1 is 1.19 bits per heavy atom. The van der Waals surface area contributed by atoms with Gasteiger partial charge in [0.05, 0.1) is 0 Å². The van der Waals surface area contributed by atoms with Gasteiger partial charge in [0.15, 0.2) is 0 Å². The summed E-state index contributed by atoms with van der Waals surface area (Å²) in [6, 6.07) is 0. The summed E-state index contributed by atoms with van der Waals surface area (Å²) in [5, 5.41) is 8.60. The van der Waals surface area contributed by atoms with Crippen molar-refractivity contribution in [2.75, 3.05) is 26.2 Å². The highest BCUT2D eigenvalue weighted by Crippen LogP contribution is 2.21. The molecule has 2 saturated heterocycles. The van der Waals surface area contributed by atoms with Crippen LogP contribution in [-0.4, -0.2) is 58.9 Å². The maximum absolute atomic E-state index is 12.1. The SMILES string of the molecule is O=C(O)CCCC(=O)N1CCC[C@@H](CN2CCCC2=O)C1. The lowest BCUT2D eigenvalue weighted by Crippen LogP contribution is -2.44. The minimum atomic E-state index is -0.855. The van der Waals surface area contributed by atoms with Gasteiger partial charge >= 0.3 is 5.97 Å². The lowest BCUT2D eigenvalue weighted by molar-refractivity contribution is -0.137. The molecule has 0 radical (unpaired) electrons. The standard InChI is InChI=1S/C15H24N2O4/c18-13(5-1-7-15(20)21)16-8-2-4-12(10-16)11-17-9-3-6-14(17)19/h12H,1-11H2,(H,20,21)/t12-/m1/s1. The molecule has 6 nitrogen and oxygen atoms in total. The lowest BCUT2D eigenvalue weighted by Gasteiger charge is -2.34. The van der Waals surface area contributed by atoms with E-state index in [4.69, 9.17) is 5.11 Å². The molecule has 0 aromatic heterocycles. The van der Waals surface area contributed by atoms with Crippen LogP contribution in [0, 0.1) is 5.92 Å². The van der Waals surface area contributed by atoms with Crippen molar-refractivity contribution < 1.29 is 19.5 Å². The Hall–Kier alpha value is -1.59. The second kappa shape index (κ2) is 7.43. The third-order valence-corrected chi connectivity index (χ3v) is 4.30. The smallest absolute Gasteiger partial charge is 0.303 e. The maximum Gasteiger partial charge on any atom is 0.303 e. The van der Waals surface area contributed by atoms with Gasteiger partial charge in [0.2, 0.25) is 11.8 Å². The van der Waals surface area contributed by atoms with Crippen LogP contribution in [-0.2, 0) is 14.4 Å². The highest BCUT2D eigenvalue weighted by Gasteiger charge is 2.28. The van der Waals surface area contributed by atoms with Crippen LogP contribution in [0.1, 0.15) is 44.9 Å². The van der Waals surface area contributed by atoms with Crippen molar-refractivity contribution in [2.24, 2.45) is 5.92 Å². The number of hydrogen-bond donors (Lipinski definition) is 1. The first kappa shape index (κ1) is 15.8. The number of carboxylic acid groups (broad SMARTS) is 1. The molecule has 1 N–H and O–H groups in total. The Morgan fingerprint density at radius 2 is 2.00 bits per heavy atom. The topological polar surface area (TPSA) is 77.9 Å². The number of aliphatic carboxylic acids is 1. The first-order chi connectivity index (χ1) is 10.1. The van der Waals surface area contributed by atoms with Crippen molar-refractivity contribution in [3.63, 3.8) is 0 Å². The molecule has 6 heteroatoms. The van der Waals surface area contributed by atoms with Gasteiger partial charge < -0.3 is 14.9 Å². The summed E-state index contributed by atoms with van der Waals surface area (Å²) in [6.45, 7) is 3.08. The van der Waals surface area contributed by atoms with Crippen LogP contribution < -0.4 is 0 Å². The van der Waals surface area contributed by atoms with Crippen LogP contribution in [0.25, 0.3) is 0 Å². The van der Waals surface area contributed by atoms with E-state index in [-0.39, 0.29) is 18.2 Å². The minimum Gasteiger partial charge on any atom is -0.481 e. The molecule has 21 heavy (non-hydrogen) atoms. The Labute approximate surface area is 125 Å². The first-order valence-electron chi connectivity index (χ1n) is 7.83. The zero-order valence-corrected chi connectivity index (χ0v) is 12.4. The molecule has 2 rings (SSSR count). The van der Waals surface area contributed by atoms with Crippen molar-refractivity contribution >= 4 is 17.8 Å². The summed E-state index contributed by atoms with van der Waals surface area (Å²) in [5.41, 5.74) is 0. The van der Waals surface area contributed by atoms with E-state index >= 15 is 0 Å². The molecule has 0 unspecified atom stereocenters. The van der Waals surface area contributed by atoms with Gasteiger partial charge in [-0.1, -0.05) is 0 Å². The Balaban J connectivity index is 1.75. The number of piperidine rings is 1. The molecule has 0 aromatic carbocycles. The van der Waals surface area contributed by atoms with Gasteiger partial charge in [-0.25, -0.2) is 0 Å². The molecular weight excluding hydrogens is 272 g/mol. The molecule has 0 spiro atoms. The number of rotatable bonds is 6. The lowest BCUT2D eigenvalue weighted by atomic mass is 9.97. The highest BCUT2D eigenvalue weighted by atomic mass is 16.4. The first-order valence-corrected chi connectivity index (χ1v) is 7.83. The number of hydrogen-bond acceptors (Lipinski definition) is 3. The summed E-state index contributed by atoms with van der Waals surface area (Å²) < 4.78 is 0. The number of carbonyl (C=O) groups is 3. The molecule has 1 atom stereocenters. The van der Waals surface area contributed by atoms with Crippen LogP contribution >= 0.6 is 0 Å². The predicted molar refractivity (Wildman–Crippen MR) is 76.6 cm³/mol. The summed E-state index contributed by atoms with van der Waals surface area (Å²) in [4.78, 5) is 38.0. The number of carbonyl (C=O) groups excluding carboxylic acids is 2. The summed E-state index contributed by atoms with van der Waals surface area (Å²) in [6.07, 6.45) is 4.39. The van der Waals surface area contributed by atoms with Crippen LogP contribution in [0.15, 0.2) is 0 Å². The molecule has 0 aromatic rings. The van der Waals surface area contributed by atoms with Gasteiger partial charge in [0.25, 0.3) is 0 Å². The van der Waals surface area contributed by atoms with E-state index in [2.05, 4.69) is 0 Å². The van der Waals surface area contributed by atoms with E-state index in [1.165, 1.54) is 0 Å². The highest BCUT2D eigenvalue weighted by molar-refractivity contribution is 5.78. The van der Waals surface area contributed by atoms with Gasteiger partial charge in [-0.2, -0.15) is 0 Å². The molecule has 2 aliphatic heterocycles. The average Bonchev–Trinajstić information content (AvgIpc) is 2.84. The second-order valence-electron chi connectivity index (χ2n) is 6.04. The van der Waals surface area contributed by atoms with Gasteiger partial charge in [0, 0.05) is 45.4 Å². The zero-order chi connectivity index (χ0) is 15.2. The predicted octanol–water partition coefficient (Wildman–Crippen LogP) is 1.10. The van der Waals surface area contributed by atoms with Gasteiger partial charge in [-0.3, -0.25) is 14.4 Å². The molecule has 0 aliphatic carbocycles. The van der Waals surface area contributed by atoms with Crippen LogP contribution in [0.2, 0.25) is 0 Å². The largest absolute Gasteiger partial charge is 0.481 e. The van der Waals surface area contributed by atoms with Gasteiger partial charge in [0.1, 0.15) is 0 Å². The molecule has 2 aliphatic rings. The number of carboxylic acids is 1. The second-order valence-corrected chi connectivity index (χ2v) is 6.04. The molecule has 0 saturated carbocycles. The van der Waals surface area contributed by atoms with E-state index in [1.54, 1.807) is 0 Å².